The summed E-state index contributed by atoms with van der Waals surface area (Å²) in [6.45, 7) is 8.54. The van der Waals surface area contributed by atoms with Gasteiger partial charge in [0.25, 0.3) is 0 Å². The Labute approximate surface area is 140 Å². The maximum Gasteiger partial charge on any atom is 0.223 e. The molecule has 1 fully saturated rings. The smallest absolute Gasteiger partial charge is 0.223 e. The van der Waals surface area contributed by atoms with E-state index in [1.807, 2.05) is 6.92 Å². The van der Waals surface area contributed by atoms with Gasteiger partial charge in [0.05, 0.1) is 0 Å². The van der Waals surface area contributed by atoms with E-state index >= 15 is 0 Å². The molecule has 3 rings (SSSR count). The van der Waals surface area contributed by atoms with Crippen molar-refractivity contribution in [3.8, 4) is 5.13 Å². The van der Waals surface area contributed by atoms with E-state index in [9.17, 15) is 4.79 Å². The Kier molecular flexibility index (Phi) is 4.66. The summed E-state index contributed by atoms with van der Waals surface area (Å²) in [6, 6.07) is 4.18. The predicted molar refractivity (Wildman–Crippen MR) is 92.3 cm³/mol. The molecule has 2 aromatic rings. The number of nitrogens with one attached hydrogen (secondary N) is 1. The molecule has 124 valence electrons. The second-order valence-electron chi connectivity index (χ2n) is 5.97. The summed E-state index contributed by atoms with van der Waals surface area (Å²) >= 11 is 1.61. The predicted octanol–water partition coefficient (Wildman–Crippen LogP) is 2.30. The Morgan fingerprint density at radius 1 is 1.22 bits per heavy atom. The lowest BCUT2D eigenvalue weighted by Gasteiger charge is -2.30. The van der Waals surface area contributed by atoms with Crippen molar-refractivity contribution in [3.63, 3.8) is 0 Å². The van der Waals surface area contributed by atoms with Crippen LogP contribution in [0, 0.1) is 19.8 Å². The normalized spacial score (nSPS) is 15.9. The van der Waals surface area contributed by atoms with Crippen LogP contribution >= 0.6 is 11.3 Å². The first-order chi connectivity index (χ1) is 11.1. The molecule has 3 heterocycles. The van der Waals surface area contributed by atoms with Gasteiger partial charge >= 0.3 is 0 Å². The molecule has 1 amide bonds. The van der Waals surface area contributed by atoms with Crippen molar-refractivity contribution in [1.82, 2.24) is 20.1 Å². The van der Waals surface area contributed by atoms with Gasteiger partial charge in [-0.25, -0.2) is 0 Å². The molecule has 0 saturated carbocycles. The summed E-state index contributed by atoms with van der Waals surface area (Å²) in [5.41, 5.74) is 2.33. The molecule has 23 heavy (non-hydrogen) atoms. The molecule has 0 aliphatic carbocycles. The first-order valence-corrected chi connectivity index (χ1v) is 8.93. The van der Waals surface area contributed by atoms with Crippen LogP contribution in [-0.4, -0.2) is 40.3 Å². The first-order valence-electron chi connectivity index (χ1n) is 8.11. The fourth-order valence-electron chi connectivity index (χ4n) is 3.05. The summed E-state index contributed by atoms with van der Waals surface area (Å²) in [7, 11) is 0. The van der Waals surface area contributed by atoms with E-state index in [0.29, 0.717) is 6.54 Å². The van der Waals surface area contributed by atoms with Gasteiger partial charge in [0, 0.05) is 36.9 Å². The highest BCUT2D eigenvalue weighted by Crippen LogP contribution is 2.29. The summed E-state index contributed by atoms with van der Waals surface area (Å²) in [6.07, 6.45) is 1.75. The molecular weight excluding hydrogens is 310 g/mol. The molecule has 0 aromatic carbocycles. The van der Waals surface area contributed by atoms with Crippen LogP contribution in [0.5, 0.6) is 0 Å². The monoisotopic (exact) mass is 333 g/mol. The maximum absolute atomic E-state index is 11.9. The van der Waals surface area contributed by atoms with Crippen molar-refractivity contribution in [2.75, 3.05) is 24.5 Å². The van der Waals surface area contributed by atoms with Crippen LogP contribution in [-0.2, 0) is 4.79 Å². The molecule has 0 radical (unpaired) electrons. The molecule has 1 saturated heterocycles. The number of hydrogen-bond donors (Lipinski definition) is 1. The third-order valence-electron chi connectivity index (χ3n) is 4.35. The quantitative estimate of drug-likeness (QED) is 0.932. The highest BCUT2D eigenvalue weighted by Gasteiger charge is 2.26. The fourth-order valence-corrected chi connectivity index (χ4v) is 4.07. The topological polar surface area (TPSA) is 63.1 Å². The third-order valence-corrected chi connectivity index (χ3v) is 5.32. The summed E-state index contributed by atoms with van der Waals surface area (Å²) in [5.74, 6) is 0.316. The van der Waals surface area contributed by atoms with Crippen LogP contribution in [0.15, 0.2) is 12.1 Å². The largest absolute Gasteiger partial charge is 0.356 e. The van der Waals surface area contributed by atoms with Gasteiger partial charge in [0.15, 0.2) is 0 Å². The standard InChI is InChI=1S/C16H23N5OS/c1-4-17-14(22)13-7-9-20(10-8-13)15-18-19-16(23-15)21-11(2)5-6-12(21)3/h5-6,13H,4,7-10H2,1-3H3,(H,17,22). The minimum absolute atomic E-state index is 0.132. The molecule has 1 N–H and O–H groups in total. The van der Waals surface area contributed by atoms with E-state index in [1.165, 1.54) is 11.4 Å². The summed E-state index contributed by atoms with van der Waals surface area (Å²) in [5, 5.41) is 13.5. The molecular formula is C16H23N5OS. The zero-order chi connectivity index (χ0) is 16.4. The van der Waals surface area contributed by atoms with E-state index in [-0.39, 0.29) is 11.8 Å². The minimum Gasteiger partial charge on any atom is -0.356 e. The Balaban J connectivity index is 1.67. The number of nitrogens with zero attached hydrogens (tertiary/aromatic N) is 4. The molecule has 0 atom stereocenters. The average molecular weight is 333 g/mol. The van der Waals surface area contributed by atoms with Crippen molar-refractivity contribution < 1.29 is 4.79 Å². The van der Waals surface area contributed by atoms with Crippen LogP contribution in [0.3, 0.4) is 0 Å². The number of amides is 1. The van der Waals surface area contributed by atoms with Gasteiger partial charge in [-0.05, 0) is 45.7 Å². The van der Waals surface area contributed by atoms with E-state index in [1.54, 1.807) is 11.3 Å². The Morgan fingerprint density at radius 3 is 2.43 bits per heavy atom. The Bertz CT molecular complexity index is 665. The lowest BCUT2D eigenvalue weighted by molar-refractivity contribution is -0.125. The zero-order valence-electron chi connectivity index (χ0n) is 13.9. The number of aromatic nitrogens is 3. The van der Waals surface area contributed by atoms with Gasteiger partial charge in [-0.2, -0.15) is 0 Å². The van der Waals surface area contributed by atoms with Crippen LogP contribution < -0.4 is 10.2 Å². The fraction of sp³-hybridized carbons (Fsp3) is 0.562. The molecule has 0 spiro atoms. The van der Waals surface area contributed by atoms with Gasteiger partial charge in [-0.15, -0.1) is 10.2 Å². The SMILES string of the molecule is CCNC(=O)C1CCN(c2nnc(-n3c(C)ccc3C)s2)CC1. The number of carbonyl (C=O) groups excluding carboxylic acids is 1. The first kappa shape index (κ1) is 16.0. The number of piperidine rings is 1. The molecule has 6 nitrogen and oxygen atoms in total. The van der Waals surface area contributed by atoms with Crippen molar-refractivity contribution in [2.24, 2.45) is 5.92 Å². The van der Waals surface area contributed by atoms with E-state index in [4.69, 9.17) is 0 Å². The molecule has 0 unspecified atom stereocenters. The zero-order valence-corrected chi connectivity index (χ0v) is 14.7. The van der Waals surface area contributed by atoms with Crippen LogP contribution in [0.1, 0.15) is 31.2 Å². The van der Waals surface area contributed by atoms with Gasteiger partial charge in [-0.3, -0.25) is 9.36 Å². The number of anilines is 1. The van der Waals surface area contributed by atoms with E-state index < -0.39 is 0 Å². The molecule has 1 aliphatic heterocycles. The maximum atomic E-state index is 11.9. The van der Waals surface area contributed by atoms with Crippen molar-refractivity contribution in [3.05, 3.63) is 23.5 Å². The highest BCUT2D eigenvalue weighted by atomic mass is 32.1. The lowest BCUT2D eigenvalue weighted by atomic mass is 9.96. The van der Waals surface area contributed by atoms with Crippen LogP contribution in [0.2, 0.25) is 0 Å². The minimum atomic E-state index is 0.132. The van der Waals surface area contributed by atoms with Crippen molar-refractivity contribution in [1.29, 1.82) is 0 Å². The Morgan fingerprint density at radius 2 is 1.83 bits per heavy atom. The molecule has 0 bridgehead atoms. The average Bonchev–Trinajstić information content (AvgIpc) is 3.14. The van der Waals surface area contributed by atoms with Crippen molar-refractivity contribution in [2.45, 2.75) is 33.6 Å². The molecule has 7 heteroatoms. The summed E-state index contributed by atoms with van der Waals surface area (Å²) < 4.78 is 2.13. The van der Waals surface area contributed by atoms with Gasteiger partial charge < -0.3 is 10.2 Å². The van der Waals surface area contributed by atoms with Gasteiger partial charge in [0.2, 0.25) is 16.2 Å². The number of carbonyl (C=O) groups is 1. The summed E-state index contributed by atoms with van der Waals surface area (Å²) in [4.78, 5) is 14.2. The molecule has 2 aromatic heterocycles. The van der Waals surface area contributed by atoms with E-state index in [2.05, 4.69) is 51.0 Å². The Hall–Kier alpha value is -1.89. The lowest BCUT2D eigenvalue weighted by Crippen LogP contribution is -2.40. The van der Waals surface area contributed by atoms with Crippen LogP contribution in [0.25, 0.3) is 5.13 Å². The second-order valence-corrected chi connectivity index (χ2v) is 6.91. The van der Waals surface area contributed by atoms with Crippen LogP contribution in [0.4, 0.5) is 5.13 Å². The number of hydrogen-bond acceptors (Lipinski definition) is 5. The third kappa shape index (κ3) is 3.24. The van der Waals surface area contributed by atoms with Crippen molar-refractivity contribution >= 4 is 22.4 Å². The highest BCUT2D eigenvalue weighted by molar-refractivity contribution is 7.17. The second kappa shape index (κ2) is 6.70. The van der Waals surface area contributed by atoms with Gasteiger partial charge in [0.1, 0.15) is 0 Å². The van der Waals surface area contributed by atoms with E-state index in [0.717, 1.165) is 36.2 Å². The number of rotatable bonds is 4. The number of aryl methyl sites for hydroxylation is 2. The van der Waals surface area contributed by atoms with Gasteiger partial charge in [-0.1, -0.05) is 11.3 Å². The molecule has 1 aliphatic rings.